The van der Waals surface area contributed by atoms with Gasteiger partial charge in [0.1, 0.15) is 17.7 Å². The van der Waals surface area contributed by atoms with Crippen LogP contribution in [0.25, 0.3) is 0 Å². The summed E-state index contributed by atoms with van der Waals surface area (Å²) in [6, 6.07) is 13.7. The maximum atomic E-state index is 14.4. The predicted molar refractivity (Wildman–Crippen MR) is 156 cm³/mol. The summed E-state index contributed by atoms with van der Waals surface area (Å²) in [5, 5.41) is 5.86. The van der Waals surface area contributed by atoms with Gasteiger partial charge in [0, 0.05) is 12.1 Å². The summed E-state index contributed by atoms with van der Waals surface area (Å²) in [5.41, 5.74) is 2.23. The zero-order valence-electron chi connectivity index (χ0n) is 25.3. The van der Waals surface area contributed by atoms with Gasteiger partial charge >= 0.3 is 6.09 Å². The van der Waals surface area contributed by atoms with Crippen molar-refractivity contribution >= 4 is 17.9 Å². The molecular formula is C32H47N3O4. The van der Waals surface area contributed by atoms with Gasteiger partial charge in [-0.05, 0) is 90.0 Å². The highest BCUT2D eigenvalue weighted by Gasteiger charge is 2.42. The number of hydrogen-bond acceptors (Lipinski definition) is 4. The first-order valence-electron chi connectivity index (χ1n) is 13.7. The van der Waals surface area contributed by atoms with Crippen LogP contribution in [0.1, 0.15) is 90.1 Å². The molecule has 7 heteroatoms. The number of ether oxygens (including phenoxy) is 1. The van der Waals surface area contributed by atoms with Gasteiger partial charge in [-0.15, -0.1) is 0 Å². The maximum Gasteiger partial charge on any atom is 0.408 e. The number of hydrogen-bond donors (Lipinski definition) is 2. The summed E-state index contributed by atoms with van der Waals surface area (Å²) in [6.45, 7) is 19.3. The van der Waals surface area contributed by atoms with E-state index in [0.29, 0.717) is 13.0 Å². The Morgan fingerprint density at radius 2 is 1.51 bits per heavy atom. The van der Waals surface area contributed by atoms with E-state index in [9.17, 15) is 14.4 Å². The van der Waals surface area contributed by atoms with Crippen LogP contribution in [0.4, 0.5) is 4.79 Å². The molecule has 0 bridgehead atoms. The van der Waals surface area contributed by atoms with Crippen LogP contribution < -0.4 is 10.6 Å². The van der Waals surface area contributed by atoms with Crippen molar-refractivity contribution in [3.8, 4) is 0 Å². The molecule has 0 aliphatic rings. The Kier molecular flexibility index (Phi) is 10.7. The van der Waals surface area contributed by atoms with Gasteiger partial charge < -0.3 is 20.3 Å². The largest absolute Gasteiger partial charge is 0.444 e. The second kappa shape index (κ2) is 13.1. The molecule has 2 aromatic carbocycles. The fourth-order valence-corrected chi connectivity index (χ4v) is 4.51. The molecule has 0 aromatic heterocycles. The number of carbonyl (C=O) groups excluding carboxylic acids is 3. The first-order chi connectivity index (χ1) is 18.0. The maximum absolute atomic E-state index is 14.4. The van der Waals surface area contributed by atoms with E-state index in [0.717, 1.165) is 22.3 Å². The molecule has 2 unspecified atom stereocenters. The minimum atomic E-state index is -0.906. The summed E-state index contributed by atoms with van der Waals surface area (Å²) < 4.78 is 5.48. The normalized spacial score (nSPS) is 13.4. The lowest BCUT2D eigenvalue weighted by atomic mass is 9.90. The van der Waals surface area contributed by atoms with Gasteiger partial charge in [0.2, 0.25) is 11.8 Å². The smallest absolute Gasteiger partial charge is 0.408 e. The predicted octanol–water partition coefficient (Wildman–Crippen LogP) is 6.23. The van der Waals surface area contributed by atoms with Crippen molar-refractivity contribution in [2.24, 2.45) is 5.92 Å². The molecule has 2 N–H and O–H groups in total. The second-order valence-electron chi connectivity index (χ2n) is 12.6. The summed E-state index contributed by atoms with van der Waals surface area (Å²) in [6.07, 6.45) is -0.261. The number of aryl methyl sites for hydroxylation is 1. The molecular weight excluding hydrogens is 490 g/mol. The number of benzene rings is 2. The van der Waals surface area contributed by atoms with Gasteiger partial charge in [0.05, 0.1) is 0 Å². The van der Waals surface area contributed by atoms with Crippen LogP contribution in [0.5, 0.6) is 0 Å². The number of rotatable bonds is 9. The molecule has 0 saturated heterocycles. The van der Waals surface area contributed by atoms with E-state index >= 15 is 0 Å². The SMILES string of the molecule is Cc1cccc(C(C(=O)NCc2ccccc2)N(C(=O)C(CC(C)C)NC(=O)OC(C)(C)C)C(C)(C)C)c1C. The van der Waals surface area contributed by atoms with Gasteiger partial charge in [0.15, 0.2) is 0 Å². The van der Waals surface area contributed by atoms with Crippen molar-refractivity contribution in [1.29, 1.82) is 0 Å². The molecule has 3 amide bonds. The average Bonchev–Trinajstić information content (AvgIpc) is 2.80. The quantitative estimate of drug-likeness (QED) is 0.397. The molecule has 39 heavy (non-hydrogen) atoms. The molecule has 0 heterocycles. The van der Waals surface area contributed by atoms with E-state index in [-0.39, 0.29) is 17.7 Å². The van der Waals surface area contributed by atoms with Crippen LogP contribution in [0, 0.1) is 19.8 Å². The lowest BCUT2D eigenvalue weighted by Crippen LogP contribution is -2.59. The highest BCUT2D eigenvalue weighted by molar-refractivity contribution is 5.93. The highest BCUT2D eigenvalue weighted by atomic mass is 16.6. The van der Waals surface area contributed by atoms with Gasteiger partial charge in [-0.25, -0.2) is 4.79 Å². The highest BCUT2D eigenvalue weighted by Crippen LogP contribution is 2.33. The van der Waals surface area contributed by atoms with E-state index in [2.05, 4.69) is 10.6 Å². The van der Waals surface area contributed by atoms with Crippen LogP contribution in [0.2, 0.25) is 0 Å². The molecule has 0 saturated carbocycles. The number of nitrogens with one attached hydrogen (secondary N) is 2. The van der Waals surface area contributed by atoms with E-state index in [1.165, 1.54) is 0 Å². The summed E-state index contributed by atoms with van der Waals surface area (Å²) in [7, 11) is 0. The third-order valence-electron chi connectivity index (χ3n) is 6.41. The van der Waals surface area contributed by atoms with Crippen molar-refractivity contribution < 1.29 is 19.1 Å². The molecule has 2 rings (SSSR count). The number of amides is 3. The van der Waals surface area contributed by atoms with Crippen LogP contribution in [-0.2, 0) is 20.9 Å². The van der Waals surface area contributed by atoms with Crippen molar-refractivity contribution in [3.63, 3.8) is 0 Å². The van der Waals surface area contributed by atoms with Gasteiger partial charge in [-0.1, -0.05) is 62.4 Å². The molecule has 0 aliphatic heterocycles. The molecule has 2 atom stereocenters. The lowest BCUT2D eigenvalue weighted by molar-refractivity contribution is -0.148. The number of carbonyl (C=O) groups is 3. The Morgan fingerprint density at radius 3 is 2.05 bits per heavy atom. The Balaban J connectivity index is 2.58. The summed E-state index contributed by atoms with van der Waals surface area (Å²) >= 11 is 0. The molecule has 0 spiro atoms. The van der Waals surface area contributed by atoms with E-state index < -0.39 is 29.3 Å². The molecule has 0 fully saturated rings. The van der Waals surface area contributed by atoms with E-state index in [1.807, 2.05) is 97.0 Å². The van der Waals surface area contributed by atoms with E-state index in [4.69, 9.17) is 4.74 Å². The Bertz CT molecular complexity index is 1130. The number of nitrogens with zero attached hydrogens (tertiary/aromatic N) is 1. The molecule has 0 aliphatic carbocycles. The summed E-state index contributed by atoms with van der Waals surface area (Å²) in [4.78, 5) is 42.8. The topological polar surface area (TPSA) is 87.7 Å². The van der Waals surface area contributed by atoms with Crippen LogP contribution in [-0.4, -0.2) is 40.0 Å². The van der Waals surface area contributed by atoms with Crippen molar-refractivity contribution in [2.75, 3.05) is 0 Å². The molecule has 0 radical (unpaired) electrons. The Morgan fingerprint density at radius 1 is 0.897 bits per heavy atom. The fourth-order valence-electron chi connectivity index (χ4n) is 4.51. The van der Waals surface area contributed by atoms with Crippen LogP contribution in [0.3, 0.4) is 0 Å². The molecule has 214 valence electrons. The third kappa shape index (κ3) is 9.41. The first kappa shape index (κ1) is 31.9. The zero-order chi connectivity index (χ0) is 29.5. The third-order valence-corrected chi connectivity index (χ3v) is 6.41. The fraction of sp³-hybridized carbons (Fsp3) is 0.531. The Labute approximate surface area is 234 Å². The van der Waals surface area contributed by atoms with E-state index in [1.54, 1.807) is 25.7 Å². The zero-order valence-corrected chi connectivity index (χ0v) is 25.3. The van der Waals surface area contributed by atoms with Gasteiger partial charge in [-0.2, -0.15) is 0 Å². The average molecular weight is 538 g/mol. The minimum Gasteiger partial charge on any atom is -0.444 e. The summed E-state index contributed by atoms with van der Waals surface area (Å²) in [5.74, 6) is -0.499. The Hall–Kier alpha value is -3.35. The van der Waals surface area contributed by atoms with Crippen molar-refractivity contribution in [3.05, 3.63) is 70.8 Å². The molecule has 2 aromatic rings. The monoisotopic (exact) mass is 537 g/mol. The first-order valence-corrected chi connectivity index (χ1v) is 13.7. The van der Waals surface area contributed by atoms with Crippen LogP contribution >= 0.6 is 0 Å². The van der Waals surface area contributed by atoms with Gasteiger partial charge in [-0.3, -0.25) is 9.59 Å². The van der Waals surface area contributed by atoms with Gasteiger partial charge in [0.25, 0.3) is 0 Å². The van der Waals surface area contributed by atoms with Crippen LogP contribution in [0.15, 0.2) is 48.5 Å². The molecule has 7 nitrogen and oxygen atoms in total. The second-order valence-corrected chi connectivity index (χ2v) is 12.6. The number of alkyl carbamates (subject to hydrolysis) is 1. The van der Waals surface area contributed by atoms with Crippen molar-refractivity contribution in [2.45, 2.75) is 105 Å². The minimum absolute atomic E-state index is 0.113. The lowest BCUT2D eigenvalue weighted by Gasteiger charge is -2.43. The standard InChI is InChI=1S/C32H47N3O4/c1-21(2)19-26(34-30(38)39-32(8,9)10)29(37)35(31(5,6)7)27(25-18-14-15-22(3)23(25)4)28(36)33-20-24-16-12-11-13-17-24/h11-18,21,26-27H,19-20H2,1-10H3,(H,33,36)(H,34,38). The van der Waals surface area contributed by atoms with Crippen molar-refractivity contribution in [1.82, 2.24) is 15.5 Å².